The fourth-order valence-electron chi connectivity index (χ4n) is 2.02. The summed E-state index contributed by atoms with van der Waals surface area (Å²) in [5.74, 6) is 0. The largest absolute Gasteiger partial charge is 0.380 e. The highest BCUT2D eigenvalue weighted by molar-refractivity contribution is 5.14. The number of benzene rings is 1. The van der Waals surface area contributed by atoms with Gasteiger partial charge in [-0.25, -0.2) is 0 Å². The monoisotopic (exact) mass is 221 g/mol. The SMILES string of the molecule is CCC(OC)C(N)CCCc1ccccc1. The average molecular weight is 221 g/mol. The lowest BCUT2D eigenvalue weighted by atomic mass is 10.0. The van der Waals surface area contributed by atoms with Gasteiger partial charge in [-0.15, -0.1) is 0 Å². The first-order valence-electron chi connectivity index (χ1n) is 6.10. The van der Waals surface area contributed by atoms with Crippen LogP contribution in [0.4, 0.5) is 0 Å². The molecule has 0 aliphatic carbocycles. The van der Waals surface area contributed by atoms with E-state index in [0.29, 0.717) is 0 Å². The third-order valence-corrected chi connectivity index (χ3v) is 3.03. The lowest BCUT2D eigenvalue weighted by Gasteiger charge is -2.20. The van der Waals surface area contributed by atoms with E-state index >= 15 is 0 Å². The maximum atomic E-state index is 6.08. The molecule has 2 nitrogen and oxygen atoms in total. The number of methoxy groups -OCH3 is 1. The Morgan fingerprint density at radius 1 is 1.25 bits per heavy atom. The first-order valence-corrected chi connectivity index (χ1v) is 6.10. The molecule has 2 atom stereocenters. The lowest BCUT2D eigenvalue weighted by Crippen LogP contribution is -2.35. The highest BCUT2D eigenvalue weighted by atomic mass is 16.5. The van der Waals surface area contributed by atoms with Gasteiger partial charge >= 0.3 is 0 Å². The van der Waals surface area contributed by atoms with Crippen LogP contribution in [0.3, 0.4) is 0 Å². The van der Waals surface area contributed by atoms with Crippen LogP contribution in [-0.2, 0) is 11.2 Å². The molecule has 0 heterocycles. The van der Waals surface area contributed by atoms with Crippen molar-refractivity contribution in [1.82, 2.24) is 0 Å². The van der Waals surface area contributed by atoms with Crippen molar-refractivity contribution in [3.63, 3.8) is 0 Å². The van der Waals surface area contributed by atoms with Gasteiger partial charge in [0.2, 0.25) is 0 Å². The van der Waals surface area contributed by atoms with Crippen molar-refractivity contribution in [2.24, 2.45) is 5.73 Å². The van der Waals surface area contributed by atoms with E-state index in [1.807, 2.05) is 6.07 Å². The molecule has 1 aromatic rings. The van der Waals surface area contributed by atoms with Gasteiger partial charge in [0.25, 0.3) is 0 Å². The third kappa shape index (κ3) is 4.33. The molecule has 0 aliphatic rings. The second-order valence-electron chi connectivity index (χ2n) is 4.22. The molecule has 2 unspecified atom stereocenters. The second-order valence-corrected chi connectivity index (χ2v) is 4.22. The zero-order chi connectivity index (χ0) is 11.8. The van der Waals surface area contributed by atoms with Crippen LogP contribution in [0.25, 0.3) is 0 Å². The predicted octanol–water partition coefficient (Wildman–Crippen LogP) is 2.76. The van der Waals surface area contributed by atoms with Crippen molar-refractivity contribution in [3.8, 4) is 0 Å². The Kier molecular flexibility index (Phi) is 6.12. The third-order valence-electron chi connectivity index (χ3n) is 3.03. The normalized spacial score (nSPS) is 14.7. The molecule has 0 radical (unpaired) electrons. The maximum absolute atomic E-state index is 6.08. The van der Waals surface area contributed by atoms with Crippen LogP contribution >= 0.6 is 0 Å². The van der Waals surface area contributed by atoms with Crippen molar-refractivity contribution in [1.29, 1.82) is 0 Å². The molecule has 0 aliphatic heterocycles. The summed E-state index contributed by atoms with van der Waals surface area (Å²) >= 11 is 0. The van der Waals surface area contributed by atoms with Crippen LogP contribution in [0.5, 0.6) is 0 Å². The summed E-state index contributed by atoms with van der Waals surface area (Å²) in [5.41, 5.74) is 7.47. The van der Waals surface area contributed by atoms with Gasteiger partial charge in [0, 0.05) is 13.2 Å². The first-order chi connectivity index (χ1) is 7.77. The van der Waals surface area contributed by atoms with E-state index in [4.69, 9.17) is 10.5 Å². The Bertz CT molecular complexity index is 269. The maximum Gasteiger partial charge on any atom is 0.0719 e. The van der Waals surface area contributed by atoms with Crippen LogP contribution in [0, 0.1) is 0 Å². The smallest absolute Gasteiger partial charge is 0.0719 e. The van der Waals surface area contributed by atoms with Gasteiger partial charge in [0.15, 0.2) is 0 Å². The molecule has 90 valence electrons. The molecule has 2 heteroatoms. The van der Waals surface area contributed by atoms with Crippen LogP contribution in [0.2, 0.25) is 0 Å². The van der Waals surface area contributed by atoms with E-state index in [0.717, 1.165) is 25.7 Å². The summed E-state index contributed by atoms with van der Waals surface area (Å²) < 4.78 is 5.34. The molecule has 0 saturated carbocycles. The van der Waals surface area contributed by atoms with Gasteiger partial charge in [0.05, 0.1) is 6.10 Å². The summed E-state index contributed by atoms with van der Waals surface area (Å²) in [7, 11) is 1.74. The van der Waals surface area contributed by atoms with E-state index < -0.39 is 0 Å². The Balaban J connectivity index is 2.25. The number of aryl methyl sites for hydroxylation is 1. The minimum Gasteiger partial charge on any atom is -0.380 e. The fourth-order valence-corrected chi connectivity index (χ4v) is 2.02. The molecule has 0 fully saturated rings. The lowest BCUT2D eigenvalue weighted by molar-refractivity contribution is 0.0742. The molecule has 0 spiro atoms. The average Bonchev–Trinajstić information content (AvgIpc) is 2.32. The molecular formula is C14H23NO. The molecule has 0 amide bonds. The van der Waals surface area contributed by atoms with E-state index in [9.17, 15) is 0 Å². The highest BCUT2D eigenvalue weighted by Gasteiger charge is 2.14. The predicted molar refractivity (Wildman–Crippen MR) is 68.4 cm³/mol. The molecular weight excluding hydrogens is 198 g/mol. The van der Waals surface area contributed by atoms with Gasteiger partial charge in [-0.05, 0) is 31.2 Å². The zero-order valence-electron chi connectivity index (χ0n) is 10.4. The number of ether oxygens (including phenoxy) is 1. The topological polar surface area (TPSA) is 35.2 Å². The van der Waals surface area contributed by atoms with E-state index in [-0.39, 0.29) is 12.1 Å². The van der Waals surface area contributed by atoms with Crippen LogP contribution in [0.1, 0.15) is 31.7 Å². The number of rotatable bonds is 7. The standard InChI is InChI=1S/C14H23NO/c1-3-14(16-2)13(15)11-7-10-12-8-5-4-6-9-12/h4-6,8-9,13-14H,3,7,10-11,15H2,1-2H3. The molecule has 0 aromatic heterocycles. The quantitative estimate of drug-likeness (QED) is 0.768. The summed E-state index contributed by atoms with van der Waals surface area (Å²) in [6.45, 7) is 2.12. The van der Waals surface area contributed by atoms with E-state index in [1.54, 1.807) is 7.11 Å². The number of nitrogens with two attached hydrogens (primary N) is 1. The minimum atomic E-state index is 0.165. The fraction of sp³-hybridized carbons (Fsp3) is 0.571. The molecule has 16 heavy (non-hydrogen) atoms. The Labute approximate surface area is 98.8 Å². The van der Waals surface area contributed by atoms with Crippen molar-refractivity contribution in [2.75, 3.05) is 7.11 Å². The molecule has 0 bridgehead atoms. The number of hydrogen-bond acceptors (Lipinski definition) is 2. The summed E-state index contributed by atoms with van der Waals surface area (Å²) in [4.78, 5) is 0. The molecule has 0 saturated heterocycles. The highest BCUT2D eigenvalue weighted by Crippen LogP contribution is 2.10. The first kappa shape index (κ1) is 13.2. The molecule has 2 N–H and O–H groups in total. The van der Waals surface area contributed by atoms with Crippen molar-refractivity contribution in [3.05, 3.63) is 35.9 Å². The number of hydrogen-bond donors (Lipinski definition) is 1. The van der Waals surface area contributed by atoms with Crippen molar-refractivity contribution >= 4 is 0 Å². The zero-order valence-corrected chi connectivity index (χ0v) is 10.4. The minimum absolute atomic E-state index is 0.165. The van der Waals surface area contributed by atoms with Gasteiger partial charge in [-0.3, -0.25) is 0 Å². The Morgan fingerprint density at radius 3 is 2.50 bits per heavy atom. The Morgan fingerprint density at radius 2 is 1.94 bits per heavy atom. The van der Waals surface area contributed by atoms with Gasteiger partial charge in [0.1, 0.15) is 0 Å². The summed E-state index contributed by atoms with van der Waals surface area (Å²) in [6, 6.07) is 10.7. The van der Waals surface area contributed by atoms with Crippen molar-refractivity contribution in [2.45, 2.75) is 44.8 Å². The summed E-state index contributed by atoms with van der Waals surface area (Å²) in [6.07, 6.45) is 4.46. The van der Waals surface area contributed by atoms with E-state index in [2.05, 4.69) is 31.2 Å². The van der Waals surface area contributed by atoms with Crippen LogP contribution in [-0.4, -0.2) is 19.3 Å². The van der Waals surface area contributed by atoms with E-state index in [1.165, 1.54) is 5.56 Å². The second kappa shape index (κ2) is 7.42. The van der Waals surface area contributed by atoms with Crippen LogP contribution < -0.4 is 5.73 Å². The molecule has 1 rings (SSSR count). The summed E-state index contributed by atoms with van der Waals surface area (Å²) in [5, 5.41) is 0. The molecule has 1 aromatic carbocycles. The Hall–Kier alpha value is -0.860. The van der Waals surface area contributed by atoms with Gasteiger partial charge in [-0.1, -0.05) is 37.3 Å². The van der Waals surface area contributed by atoms with Gasteiger partial charge in [-0.2, -0.15) is 0 Å². The van der Waals surface area contributed by atoms with Gasteiger partial charge < -0.3 is 10.5 Å². The van der Waals surface area contributed by atoms with Crippen LogP contribution in [0.15, 0.2) is 30.3 Å². The van der Waals surface area contributed by atoms with Crippen molar-refractivity contribution < 1.29 is 4.74 Å².